The number of amides is 4. The maximum Gasteiger partial charge on any atom is 0.294 e. The number of fused-ring (bicyclic) bond motifs is 2. The number of carbonyl (C=O) groups excluding carboxylic acids is 5. The standard InChI is InChI=1S/C30H26N2O8S/c1-4-13-30(2,3)16-31-26(34)21-11-5-17(14-23(21)27(31)35)25(33)18-6-12-22-24(15-18)29(37)32(28(22)36)19-7-9-20(10-8-19)41(38,39)40/h5-12,14-15H,4,13,16H2,1-3H3,(H,38,39,40). The molecular formula is C30H26N2O8S. The van der Waals surface area contributed by atoms with Crippen molar-refractivity contribution in [1.82, 2.24) is 4.90 Å². The predicted molar refractivity (Wildman–Crippen MR) is 148 cm³/mol. The Hall–Kier alpha value is -4.48. The molecule has 0 bridgehead atoms. The first-order chi connectivity index (χ1) is 19.2. The maximum atomic E-state index is 13.4. The second-order valence-electron chi connectivity index (χ2n) is 10.9. The van der Waals surface area contributed by atoms with Gasteiger partial charge in [-0.05, 0) is 60.4 Å². The lowest BCUT2D eigenvalue weighted by atomic mass is 9.87. The molecule has 0 saturated heterocycles. The molecular weight excluding hydrogens is 548 g/mol. The molecule has 2 heterocycles. The molecule has 0 saturated carbocycles. The highest BCUT2D eigenvalue weighted by Crippen LogP contribution is 2.32. The van der Waals surface area contributed by atoms with E-state index in [2.05, 4.69) is 0 Å². The van der Waals surface area contributed by atoms with Crippen molar-refractivity contribution in [2.45, 2.75) is 38.5 Å². The van der Waals surface area contributed by atoms with E-state index < -0.39 is 44.4 Å². The fourth-order valence-electron chi connectivity index (χ4n) is 5.31. The van der Waals surface area contributed by atoms with Crippen molar-refractivity contribution in [2.75, 3.05) is 11.4 Å². The molecule has 41 heavy (non-hydrogen) atoms. The Labute approximate surface area is 236 Å². The van der Waals surface area contributed by atoms with Gasteiger partial charge in [-0.2, -0.15) is 8.42 Å². The molecule has 2 aliphatic heterocycles. The largest absolute Gasteiger partial charge is 0.294 e. The smallest absolute Gasteiger partial charge is 0.289 e. The third-order valence-corrected chi connectivity index (χ3v) is 8.16. The zero-order valence-corrected chi connectivity index (χ0v) is 23.3. The summed E-state index contributed by atoms with van der Waals surface area (Å²) in [6.07, 6.45) is 1.73. The molecule has 0 aliphatic carbocycles. The summed E-state index contributed by atoms with van der Waals surface area (Å²) < 4.78 is 31.8. The highest BCUT2D eigenvalue weighted by atomic mass is 32.2. The third kappa shape index (κ3) is 4.87. The lowest BCUT2D eigenvalue weighted by molar-refractivity contribution is 0.0583. The number of anilines is 1. The van der Waals surface area contributed by atoms with Crippen molar-refractivity contribution in [3.8, 4) is 0 Å². The average molecular weight is 575 g/mol. The second-order valence-corrected chi connectivity index (χ2v) is 12.3. The van der Waals surface area contributed by atoms with E-state index in [0.29, 0.717) is 0 Å². The number of ketones is 1. The van der Waals surface area contributed by atoms with E-state index in [1.807, 2.05) is 20.8 Å². The van der Waals surface area contributed by atoms with Gasteiger partial charge in [0.05, 0.1) is 32.8 Å². The Morgan fingerprint density at radius 1 is 0.756 bits per heavy atom. The van der Waals surface area contributed by atoms with Crippen LogP contribution in [0.5, 0.6) is 0 Å². The Kier molecular flexibility index (Phi) is 6.75. The lowest BCUT2D eigenvalue weighted by Gasteiger charge is -2.28. The van der Waals surface area contributed by atoms with Gasteiger partial charge >= 0.3 is 0 Å². The molecule has 210 valence electrons. The van der Waals surface area contributed by atoms with Crippen molar-refractivity contribution >= 4 is 45.2 Å². The zero-order chi connectivity index (χ0) is 29.9. The molecule has 2 aliphatic rings. The van der Waals surface area contributed by atoms with E-state index >= 15 is 0 Å². The van der Waals surface area contributed by atoms with Crippen LogP contribution >= 0.6 is 0 Å². The molecule has 3 aromatic carbocycles. The van der Waals surface area contributed by atoms with Crippen LogP contribution < -0.4 is 4.90 Å². The zero-order valence-electron chi connectivity index (χ0n) is 22.5. The summed E-state index contributed by atoms with van der Waals surface area (Å²) in [6.45, 7) is 6.27. The van der Waals surface area contributed by atoms with E-state index in [-0.39, 0.29) is 51.0 Å². The van der Waals surface area contributed by atoms with Crippen molar-refractivity contribution in [1.29, 1.82) is 0 Å². The van der Waals surface area contributed by atoms with Gasteiger partial charge in [0.15, 0.2) is 5.78 Å². The van der Waals surface area contributed by atoms with Gasteiger partial charge in [-0.3, -0.25) is 33.4 Å². The van der Waals surface area contributed by atoms with Crippen LogP contribution in [-0.4, -0.2) is 53.8 Å². The highest BCUT2D eigenvalue weighted by Gasteiger charge is 2.40. The molecule has 3 aromatic rings. The van der Waals surface area contributed by atoms with E-state index in [1.165, 1.54) is 53.4 Å². The van der Waals surface area contributed by atoms with E-state index in [1.54, 1.807) is 0 Å². The summed E-state index contributed by atoms with van der Waals surface area (Å²) in [5, 5.41) is 0. The molecule has 0 atom stereocenters. The summed E-state index contributed by atoms with van der Waals surface area (Å²) in [5.41, 5.74) is 0.484. The number of hydrogen-bond donors (Lipinski definition) is 1. The van der Waals surface area contributed by atoms with Gasteiger partial charge in [0.25, 0.3) is 33.7 Å². The van der Waals surface area contributed by atoms with Crippen LogP contribution in [-0.2, 0) is 10.1 Å². The molecule has 11 heteroatoms. The summed E-state index contributed by atoms with van der Waals surface area (Å²) in [4.78, 5) is 67.3. The van der Waals surface area contributed by atoms with Crippen molar-refractivity contribution in [2.24, 2.45) is 5.41 Å². The maximum absolute atomic E-state index is 13.4. The molecule has 0 fully saturated rings. The number of nitrogens with zero attached hydrogens (tertiary/aromatic N) is 2. The fourth-order valence-corrected chi connectivity index (χ4v) is 5.79. The Balaban J connectivity index is 1.41. The van der Waals surface area contributed by atoms with Crippen molar-refractivity contribution < 1.29 is 36.9 Å². The Bertz CT molecular complexity index is 1770. The molecule has 5 rings (SSSR count). The minimum atomic E-state index is -4.46. The molecule has 10 nitrogen and oxygen atoms in total. The summed E-state index contributed by atoms with van der Waals surface area (Å²) in [6, 6.07) is 12.9. The monoisotopic (exact) mass is 574 g/mol. The molecule has 0 unspecified atom stereocenters. The van der Waals surface area contributed by atoms with Crippen LogP contribution in [0.15, 0.2) is 65.6 Å². The van der Waals surface area contributed by atoms with Gasteiger partial charge in [-0.25, -0.2) is 4.90 Å². The highest BCUT2D eigenvalue weighted by molar-refractivity contribution is 7.85. The summed E-state index contributed by atoms with van der Waals surface area (Å²) in [5.74, 6) is -2.73. The topological polar surface area (TPSA) is 146 Å². The number of rotatable bonds is 8. The third-order valence-electron chi connectivity index (χ3n) is 7.29. The van der Waals surface area contributed by atoms with Crippen LogP contribution in [0.2, 0.25) is 0 Å². The van der Waals surface area contributed by atoms with Gasteiger partial charge in [-0.1, -0.05) is 39.3 Å². The van der Waals surface area contributed by atoms with E-state index in [4.69, 9.17) is 0 Å². The normalized spacial score (nSPS) is 15.0. The van der Waals surface area contributed by atoms with Crippen LogP contribution in [0.4, 0.5) is 5.69 Å². The second kappa shape index (κ2) is 9.86. The molecule has 0 aromatic heterocycles. The molecule has 4 amide bonds. The predicted octanol–water partition coefficient (Wildman–Crippen LogP) is 4.39. The first kappa shape index (κ1) is 28.1. The Morgan fingerprint density at radius 2 is 1.24 bits per heavy atom. The summed E-state index contributed by atoms with van der Waals surface area (Å²) in [7, 11) is -4.46. The summed E-state index contributed by atoms with van der Waals surface area (Å²) >= 11 is 0. The quantitative estimate of drug-likeness (QED) is 0.237. The minimum Gasteiger partial charge on any atom is -0.289 e. The SMILES string of the molecule is CCCC(C)(C)CN1C(=O)c2ccc(C(=O)c3ccc4c(c3)C(=O)N(c3ccc(S(=O)(=O)O)cc3)C4=O)cc2C1=O. The molecule has 0 spiro atoms. The van der Waals surface area contributed by atoms with Crippen molar-refractivity contribution in [3.05, 3.63) is 94.0 Å². The van der Waals surface area contributed by atoms with Gasteiger partial charge in [0, 0.05) is 17.7 Å². The van der Waals surface area contributed by atoms with E-state index in [0.717, 1.165) is 29.9 Å². The number of carbonyl (C=O) groups is 5. The Morgan fingerprint density at radius 3 is 1.78 bits per heavy atom. The van der Waals surface area contributed by atoms with E-state index in [9.17, 15) is 36.9 Å². The number of benzene rings is 3. The lowest BCUT2D eigenvalue weighted by Crippen LogP contribution is -2.38. The molecule has 1 N–H and O–H groups in total. The molecule has 0 radical (unpaired) electrons. The van der Waals surface area contributed by atoms with Crippen LogP contribution in [0.25, 0.3) is 0 Å². The fraction of sp³-hybridized carbons (Fsp3) is 0.233. The van der Waals surface area contributed by atoms with Gasteiger partial charge in [0.1, 0.15) is 0 Å². The van der Waals surface area contributed by atoms with Crippen LogP contribution in [0, 0.1) is 5.41 Å². The van der Waals surface area contributed by atoms with Crippen LogP contribution in [0.3, 0.4) is 0 Å². The van der Waals surface area contributed by atoms with Gasteiger partial charge in [-0.15, -0.1) is 0 Å². The van der Waals surface area contributed by atoms with Crippen LogP contribution in [0.1, 0.15) is 91.0 Å². The van der Waals surface area contributed by atoms with Gasteiger partial charge in [0.2, 0.25) is 0 Å². The first-order valence-electron chi connectivity index (χ1n) is 12.9. The number of imide groups is 2. The first-order valence-corrected chi connectivity index (χ1v) is 14.3. The van der Waals surface area contributed by atoms with Gasteiger partial charge < -0.3 is 0 Å². The average Bonchev–Trinajstić information content (AvgIpc) is 3.31. The number of hydrogen-bond acceptors (Lipinski definition) is 7. The van der Waals surface area contributed by atoms with Crippen molar-refractivity contribution in [3.63, 3.8) is 0 Å². The minimum absolute atomic E-state index is 0.0172.